The lowest BCUT2D eigenvalue weighted by Crippen LogP contribution is -2.13. The molecule has 0 saturated heterocycles. The monoisotopic (exact) mass is 298 g/mol. The Balaban J connectivity index is 2.25. The average molecular weight is 299 g/mol. The first-order valence-corrected chi connectivity index (χ1v) is 6.04. The van der Waals surface area contributed by atoms with Crippen LogP contribution in [-0.4, -0.2) is 5.91 Å². The summed E-state index contributed by atoms with van der Waals surface area (Å²) in [6.45, 7) is 0. The molecule has 6 heteroatoms. The fourth-order valence-electron chi connectivity index (χ4n) is 1.51. The summed E-state index contributed by atoms with van der Waals surface area (Å²) in [6.07, 6.45) is 0. The van der Waals surface area contributed by atoms with Gasteiger partial charge in [-0.05, 0) is 36.4 Å². The Morgan fingerprint density at radius 3 is 2.53 bits per heavy atom. The number of carbonyl (C=O) groups excluding carboxylic acids is 1. The van der Waals surface area contributed by atoms with Gasteiger partial charge in [-0.3, -0.25) is 4.79 Å². The largest absolute Gasteiger partial charge is 0.397 e. The molecular formula is C13H9Cl2FN2O. The van der Waals surface area contributed by atoms with Gasteiger partial charge in [-0.2, -0.15) is 0 Å². The first-order valence-electron chi connectivity index (χ1n) is 5.29. The number of halogens is 3. The van der Waals surface area contributed by atoms with Gasteiger partial charge in [-0.25, -0.2) is 4.39 Å². The van der Waals surface area contributed by atoms with Crippen LogP contribution < -0.4 is 11.1 Å². The Morgan fingerprint density at radius 2 is 1.89 bits per heavy atom. The summed E-state index contributed by atoms with van der Waals surface area (Å²) in [5.74, 6) is -0.917. The fraction of sp³-hybridized carbons (Fsp3) is 0. The molecule has 0 radical (unpaired) electrons. The van der Waals surface area contributed by atoms with Crippen molar-refractivity contribution in [1.82, 2.24) is 0 Å². The number of hydrogen-bond donors (Lipinski definition) is 2. The summed E-state index contributed by atoms with van der Waals surface area (Å²) < 4.78 is 12.9. The van der Waals surface area contributed by atoms with E-state index in [1.807, 2.05) is 0 Å². The normalized spacial score (nSPS) is 10.3. The summed E-state index contributed by atoms with van der Waals surface area (Å²) in [5.41, 5.74) is 6.31. The average Bonchev–Trinajstić information content (AvgIpc) is 2.32. The summed E-state index contributed by atoms with van der Waals surface area (Å²) in [7, 11) is 0. The molecule has 0 fully saturated rings. The van der Waals surface area contributed by atoms with Gasteiger partial charge in [0.15, 0.2) is 0 Å². The van der Waals surface area contributed by atoms with E-state index in [0.717, 1.165) is 6.07 Å². The van der Waals surface area contributed by atoms with Crippen molar-refractivity contribution in [3.8, 4) is 0 Å². The number of nitrogens with one attached hydrogen (secondary N) is 1. The molecule has 0 bridgehead atoms. The van der Waals surface area contributed by atoms with Crippen molar-refractivity contribution in [3.05, 3.63) is 57.8 Å². The van der Waals surface area contributed by atoms with Gasteiger partial charge < -0.3 is 11.1 Å². The molecule has 0 unspecified atom stereocenters. The van der Waals surface area contributed by atoms with E-state index >= 15 is 0 Å². The highest BCUT2D eigenvalue weighted by Gasteiger charge is 2.12. The van der Waals surface area contributed by atoms with Crippen molar-refractivity contribution in [3.63, 3.8) is 0 Å². The van der Waals surface area contributed by atoms with Gasteiger partial charge in [-0.15, -0.1) is 0 Å². The molecule has 2 aromatic rings. The molecule has 0 saturated carbocycles. The standard InChI is InChI=1S/C13H9Cl2FN2O/c14-7-1-3-9(10(15)5-7)13(19)18-12-4-2-8(16)6-11(12)17/h1-6H,17H2,(H,18,19). The van der Waals surface area contributed by atoms with Crippen LogP contribution >= 0.6 is 23.2 Å². The van der Waals surface area contributed by atoms with Crippen molar-refractivity contribution in [2.75, 3.05) is 11.1 Å². The van der Waals surface area contributed by atoms with Crippen LogP contribution in [0.25, 0.3) is 0 Å². The summed E-state index contributed by atoms with van der Waals surface area (Å²) >= 11 is 11.7. The second kappa shape index (κ2) is 5.47. The van der Waals surface area contributed by atoms with Crippen molar-refractivity contribution < 1.29 is 9.18 Å². The molecule has 3 nitrogen and oxygen atoms in total. The molecule has 0 heterocycles. The van der Waals surface area contributed by atoms with E-state index in [2.05, 4.69) is 5.32 Å². The molecule has 0 aromatic heterocycles. The van der Waals surface area contributed by atoms with Crippen LogP contribution in [-0.2, 0) is 0 Å². The highest BCUT2D eigenvalue weighted by atomic mass is 35.5. The molecule has 0 spiro atoms. The van der Waals surface area contributed by atoms with Gasteiger partial charge in [0, 0.05) is 5.02 Å². The zero-order valence-electron chi connectivity index (χ0n) is 9.58. The number of rotatable bonds is 2. The first kappa shape index (κ1) is 13.6. The van der Waals surface area contributed by atoms with E-state index in [0.29, 0.717) is 10.7 Å². The maximum atomic E-state index is 12.9. The zero-order chi connectivity index (χ0) is 14.0. The minimum Gasteiger partial charge on any atom is -0.397 e. The lowest BCUT2D eigenvalue weighted by Gasteiger charge is -2.09. The third-order valence-electron chi connectivity index (χ3n) is 2.44. The number of benzene rings is 2. The smallest absolute Gasteiger partial charge is 0.257 e. The highest BCUT2D eigenvalue weighted by molar-refractivity contribution is 6.37. The Labute approximate surface area is 119 Å². The predicted molar refractivity (Wildman–Crippen MR) is 75.2 cm³/mol. The van der Waals surface area contributed by atoms with Gasteiger partial charge in [0.05, 0.1) is 22.0 Å². The molecule has 0 aliphatic carbocycles. The number of hydrogen-bond acceptors (Lipinski definition) is 2. The minimum atomic E-state index is -0.472. The van der Waals surface area contributed by atoms with Crippen molar-refractivity contribution in [2.45, 2.75) is 0 Å². The zero-order valence-corrected chi connectivity index (χ0v) is 11.1. The Hall–Kier alpha value is -1.78. The van der Waals surface area contributed by atoms with Crippen LogP contribution in [0.1, 0.15) is 10.4 Å². The molecule has 0 atom stereocenters. The van der Waals surface area contributed by atoms with Gasteiger partial charge in [0.1, 0.15) is 5.82 Å². The lowest BCUT2D eigenvalue weighted by molar-refractivity contribution is 0.102. The maximum absolute atomic E-state index is 12.9. The van der Waals surface area contributed by atoms with E-state index in [9.17, 15) is 9.18 Å². The van der Waals surface area contributed by atoms with E-state index in [1.165, 1.54) is 24.3 Å². The third kappa shape index (κ3) is 3.16. The lowest BCUT2D eigenvalue weighted by atomic mass is 10.2. The maximum Gasteiger partial charge on any atom is 0.257 e. The Bertz CT molecular complexity index is 647. The first-order chi connectivity index (χ1) is 8.97. The van der Waals surface area contributed by atoms with E-state index in [1.54, 1.807) is 6.07 Å². The van der Waals surface area contributed by atoms with Gasteiger partial charge in [0.2, 0.25) is 0 Å². The minimum absolute atomic E-state index is 0.137. The number of carbonyl (C=O) groups is 1. The van der Waals surface area contributed by atoms with Gasteiger partial charge in [-0.1, -0.05) is 23.2 Å². The van der Waals surface area contributed by atoms with Crippen molar-refractivity contribution in [1.29, 1.82) is 0 Å². The highest BCUT2D eigenvalue weighted by Crippen LogP contribution is 2.24. The summed E-state index contributed by atoms with van der Waals surface area (Å²) in [4.78, 5) is 12.0. The van der Waals surface area contributed by atoms with E-state index < -0.39 is 11.7 Å². The topological polar surface area (TPSA) is 55.1 Å². The molecule has 0 aliphatic heterocycles. The Kier molecular flexibility index (Phi) is 3.93. The molecule has 1 amide bonds. The third-order valence-corrected chi connectivity index (χ3v) is 2.99. The molecule has 2 aromatic carbocycles. The van der Waals surface area contributed by atoms with Crippen molar-refractivity contribution in [2.24, 2.45) is 0 Å². The Morgan fingerprint density at radius 1 is 1.16 bits per heavy atom. The van der Waals surface area contributed by atoms with Crippen LogP contribution in [0, 0.1) is 5.82 Å². The number of amides is 1. The fourth-order valence-corrected chi connectivity index (χ4v) is 2.01. The van der Waals surface area contributed by atoms with E-state index in [-0.39, 0.29) is 16.3 Å². The molecule has 2 rings (SSSR count). The second-order valence-electron chi connectivity index (χ2n) is 3.81. The van der Waals surface area contributed by atoms with Crippen LogP contribution in [0.3, 0.4) is 0 Å². The van der Waals surface area contributed by atoms with E-state index in [4.69, 9.17) is 28.9 Å². The quantitative estimate of drug-likeness (QED) is 0.824. The number of nitrogen functional groups attached to an aromatic ring is 1. The number of nitrogens with two attached hydrogens (primary N) is 1. The molecule has 19 heavy (non-hydrogen) atoms. The SMILES string of the molecule is Nc1cc(F)ccc1NC(=O)c1ccc(Cl)cc1Cl. The van der Waals surface area contributed by atoms with Gasteiger partial charge in [0.25, 0.3) is 5.91 Å². The molecule has 98 valence electrons. The van der Waals surface area contributed by atoms with Crippen LogP contribution in [0.4, 0.5) is 15.8 Å². The van der Waals surface area contributed by atoms with Crippen LogP contribution in [0.5, 0.6) is 0 Å². The number of anilines is 2. The van der Waals surface area contributed by atoms with Crippen LogP contribution in [0.15, 0.2) is 36.4 Å². The summed E-state index contributed by atoms with van der Waals surface area (Å²) in [5, 5.41) is 3.22. The summed E-state index contributed by atoms with van der Waals surface area (Å²) in [6, 6.07) is 8.23. The molecule has 0 aliphatic rings. The predicted octanol–water partition coefficient (Wildman–Crippen LogP) is 3.97. The van der Waals surface area contributed by atoms with Crippen LogP contribution in [0.2, 0.25) is 10.0 Å². The van der Waals surface area contributed by atoms with Crippen molar-refractivity contribution >= 4 is 40.5 Å². The molecular weight excluding hydrogens is 290 g/mol. The molecule has 3 N–H and O–H groups in total. The second-order valence-corrected chi connectivity index (χ2v) is 4.65. The van der Waals surface area contributed by atoms with Gasteiger partial charge >= 0.3 is 0 Å².